The predicted molar refractivity (Wildman–Crippen MR) is 74.9 cm³/mol. The minimum Gasteiger partial charge on any atom is -0.303 e. The first-order chi connectivity index (χ1) is 7.81. The molecule has 0 aliphatic heterocycles. The third-order valence-electron chi connectivity index (χ3n) is 2.96. The maximum absolute atomic E-state index is 2.41. The van der Waals surface area contributed by atoms with Crippen molar-refractivity contribution in [2.24, 2.45) is 0 Å². The van der Waals surface area contributed by atoms with Crippen LogP contribution < -0.4 is 0 Å². The number of nitrogens with zero attached hydrogens (tertiary/aromatic N) is 1. The highest BCUT2D eigenvalue weighted by atomic mass is 15.1. The molecule has 0 radical (unpaired) electrons. The van der Waals surface area contributed by atoms with Gasteiger partial charge in [0.25, 0.3) is 0 Å². The van der Waals surface area contributed by atoms with Crippen LogP contribution in [0.2, 0.25) is 0 Å². The average molecular weight is 225 g/mol. The van der Waals surface area contributed by atoms with Crippen LogP contribution in [-0.2, 0) is 0 Å². The summed E-state index contributed by atoms with van der Waals surface area (Å²) in [6.07, 6.45) is 15.5. The molecule has 0 heterocycles. The number of hydrogen-bond donors (Lipinski definition) is 0. The van der Waals surface area contributed by atoms with Crippen molar-refractivity contribution in [2.45, 2.75) is 65.2 Å². The van der Waals surface area contributed by atoms with E-state index in [1.54, 1.807) is 0 Å². The number of likely N-dealkylation sites (N-methyl/N-ethyl adjacent to an activating group) is 1. The Hall–Kier alpha value is -0.300. The van der Waals surface area contributed by atoms with E-state index < -0.39 is 0 Å². The SMILES string of the molecule is CC/C=C/CN(C)CCCCCCCCC. The molecule has 0 rings (SSSR count). The maximum atomic E-state index is 2.41. The summed E-state index contributed by atoms with van der Waals surface area (Å²) in [5.41, 5.74) is 0. The highest BCUT2D eigenvalue weighted by Crippen LogP contribution is 2.07. The molecule has 0 bridgehead atoms. The van der Waals surface area contributed by atoms with Gasteiger partial charge >= 0.3 is 0 Å². The van der Waals surface area contributed by atoms with E-state index in [2.05, 4.69) is 37.9 Å². The smallest absolute Gasteiger partial charge is 0.0160 e. The molecular formula is C15H31N. The van der Waals surface area contributed by atoms with Gasteiger partial charge in [-0.15, -0.1) is 0 Å². The maximum Gasteiger partial charge on any atom is 0.0160 e. The Morgan fingerprint density at radius 1 is 0.812 bits per heavy atom. The lowest BCUT2D eigenvalue weighted by Gasteiger charge is -2.13. The van der Waals surface area contributed by atoms with Crippen LogP contribution in [0.25, 0.3) is 0 Å². The number of hydrogen-bond acceptors (Lipinski definition) is 1. The van der Waals surface area contributed by atoms with Gasteiger partial charge in [0.1, 0.15) is 0 Å². The number of allylic oxidation sites excluding steroid dienone is 1. The Kier molecular flexibility index (Phi) is 12.5. The topological polar surface area (TPSA) is 3.24 Å². The van der Waals surface area contributed by atoms with Gasteiger partial charge in [-0.1, -0.05) is 64.5 Å². The summed E-state index contributed by atoms with van der Waals surface area (Å²) < 4.78 is 0. The number of rotatable bonds is 11. The second kappa shape index (κ2) is 12.8. The zero-order chi connectivity index (χ0) is 12.1. The van der Waals surface area contributed by atoms with Crippen LogP contribution >= 0.6 is 0 Å². The fourth-order valence-corrected chi connectivity index (χ4v) is 1.85. The zero-order valence-electron chi connectivity index (χ0n) is 11.7. The summed E-state index contributed by atoms with van der Waals surface area (Å²) in [6.45, 7) is 6.83. The first-order valence-corrected chi connectivity index (χ1v) is 7.14. The van der Waals surface area contributed by atoms with E-state index in [1.165, 1.54) is 51.5 Å². The van der Waals surface area contributed by atoms with Gasteiger partial charge in [-0.2, -0.15) is 0 Å². The van der Waals surface area contributed by atoms with Crippen LogP contribution in [0.1, 0.15) is 65.2 Å². The van der Waals surface area contributed by atoms with E-state index in [0.717, 1.165) is 13.0 Å². The van der Waals surface area contributed by atoms with Gasteiger partial charge in [0, 0.05) is 6.54 Å². The summed E-state index contributed by atoms with van der Waals surface area (Å²) in [5.74, 6) is 0. The van der Waals surface area contributed by atoms with E-state index in [4.69, 9.17) is 0 Å². The van der Waals surface area contributed by atoms with Gasteiger partial charge in [-0.3, -0.25) is 0 Å². The van der Waals surface area contributed by atoms with Crippen molar-refractivity contribution in [3.63, 3.8) is 0 Å². The van der Waals surface area contributed by atoms with E-state index in [1.807, 2.05) is 0 Å². The molecule has 0 spiro atoms. The van der Waals surface area contributed by atoms with Gasteiger partial charge in [0.15, 0.2) is 0 Å². The Morgan fingerprint density at radius 3 is 2.06 bits per heavy atom. The van der Waals surface area contributed by atoms with E-state index >= 15 is 0 Å². The van der Waals surface area contributed by atoms with Crippen molar-refractivity contribution in [1.82, 2.24) is 4.90 Å². The fraction of sp³-hybridized carbons (Fsp3) is 0.867. The molecule has 0 atom stereocenters. The van der Waals surface area contributed by atoms with Gasteiger partial charge in [-0.25, -0.2) is 0 Å². The molecule has 0 unspecified atom stereocenters. The number of unbranched alkanes of at least 4 members (excludes halogenated alkanes) is 6. The molecule has 0 aromatic heterocycles. The average Bonchev–Trinajstić information content (AvgIpc) is 2.28. The lowest BCUT2D eigenvalue weighted by atomic mass is 10.1. The molecule has 16 heavy (non-hydrogen) atoms. The van der Waals surface area contributed by atoms with Gasteiger partial charge in [0.2, 0.25) is 0 Å². The van der Waals surface area contributed by atoms with Gasteiger partial charge in [-0.05, 0) is 26.4 Å². The molecule has 0 aliphatic rings. The highest BCUT2D eigenvalue weighted by molar-refractivity contribution is 4.82. The molecule has 96 valence electrons. The molecular weight excluding hydrogens is 194 g/mol. The van der Waals surface area contributed by atoms with Gasteiger partial charge < -0.3 is 4.90 Å². The second-order valence-corrected chi connectivity index (χ2v) is 4.76. The standard InChI is InChI=1S/C15H31N/c1-4-6-8-9-10-11-13-15-16(3)14-12-7-5-2/h7,12H,4-6,8-11,13-15H2,1-3H3/b12-7+. The normalized spacial score (nSPS) is 11.8. The summed E-state index contributed by atoms with van der Waals surface area (Å²) in [4.78, 5) is 2.41. The van der Waals surface area contributed by atoms with Crippen molar-refractivity contribution >= 4 is 0 Å². The van der Waals surface area contributed by atoms with E-state index in [-0.39, 0.29) is 0 Å². The molecule has 1 heteroatoms. The van der Waals surface area contributed by atoms with Crippen LogP contribution in [0.5, 0.6) is 0 Å². The minimum atomic E-state index is 1.11. The lowest BCUT2D eigenvalue weighted by Crippen LogP contribution is -2.19. The van der Waals surface area contributed by atoms with Crippen molar-refractivity contribution in [1.29, 1.82) is 0 Å². The van der Waals surface area contributed by atoms with Crippen LogP contribution in [0, 0.1) is 0 Å². The van der Waals surface area contributed by atoms with Gasteiger partial charge in [0.05, 0.1) is 0 Å². The minimum absolute atomic E-state index is 1.11. The Bertz CT molecular complexity index is 152. The molecule has 0 aromatic carbocycles. The monoisotopic (exact) mass is 225 g/mol. The molecule has 0 aromatic rings. The van der Waals surface area contributed by atoms with Crippen LogP contribution in [0.15, 0.2) is 12.2 Å². The summed E-state index contributed by atoms with van der Waals surface area (Å²) >= 11 is 0. The molecule has 0 N–H and O–H groups in total. The van der Waals surface area contributed by atoms with Crippen LogP contribution in [0.4, 0.5) is 0 Å². The third kappa shape index (κ3) is 11.8. The third-order valence-corrected chi connectivity index (χ3v) is 2.96. The molecule has 0 saturated heterocycles. The van der Waals surface area contributed by atoms with E-state index in [9.17, 15) is 0 Å². The Balaban J connectivity index is 3.15. The first kappa shape index (κ1) is 15.7. The molecule has 0 fully saturated rings. The largest absolute Gasteiger partial charge is 0.303 e. The van der Waals surface area contributed by atoms with Crippen molar-refractivity contribution in [3.8, 4) is 0 Å². The van der Waals surface area contributed by atoms with Crippen LogP contribution in [-0.4, -0.2) is 25.0 Å². The second-order valence-electron chi connectivity index (χ2n) is 4.76. The fourth-order valence-electron chi connectivity index (χ4n) is 1.85. The van der Waals surface area contributed by atoms with Crippen molar-refractivity contribution < 1.29 is 0 Å². The summed E-state index contributed by atoms with van der Waals surface area (Å²) in [7, 11) is 2.22. The predicted octanol–water partition coefficient (Wildman–Crippen LogP) is 4.64. The summed E-state index contributed by atoms with van der Waals surface area (Å²) in [6, 6.07) is 0. The highest BCUT2D eigenvalue weighted by Gasteiger charge is 1.95. The van der Waals surface area contributed by atoms with Crippen LogP contribution in [0.3, 0.4) is 0 Å². The Labute approximate surface area is 103 Å². The lowest BCUT2D eigenvalue weighted by molar-refractivity contribution is 0.356. The van der Waals surface area contributed by atoms with E-state index in [0.29, 0.717) is 0 Å². The molecule has 1 nitrogen and oxygen atoms in total. The molecule has 0 aliphatic carbocycles. The molecule has 0 saturated carbocycles. The van der Waals surface area contributed by atoms with Crippen molar-refractivity contribution in [3.05, 3.63) is 12.2 Å². The molecule has 0 amide bonds. The zero-order valence-corrected chi connectivity index (χ0v) is 11.7. The van der Waals surface area contributed by atoms with Crippen molar-refractivity contribution in [2.75, 3.05) is 20.1 Å². The summed E-state index contributed by atoms with van der Waals surface area (Å²) in [5, 5.41) is 0. The Morgan fingerprint density at radius 2 is 1.44 bits per heavy atom. The first-order valence-electron chi connectivity index (χ1n) is 7.14. The quantitative estimate of drug-likeness (QED) is 0.366.